The molecule has 1 aliphatic carbocycles. The fourth-order valence-corrected chi connectivity index (χ4v) is 18.2. The van der Waals surface area contributed by atoms with Crippen LogP contribution in [0, 0.1) is 5.92 Å². The zero-order chi connectivity index (χ0) is 51.1. The second-order valence-electron chi connectivity index (χ2n) is 18.2. The van der Waals surface area contributed by atoms with Gasteiger partial charge in [0.25, 0.3) is 10.0 Å². The van der Waals surface area contributed by atoms with Crippen LogP contribution in [-0.4, -0.2) is 121 Å². The third-order valence-electron chi connectivity index (χ3n) is 14.7. The minimum Gasteiger partial charge on any atom is -0.497 e. The Morgan fingerprint density at radius 1 is 0.500 bits per heavy atom. The number of anilines is 1. The van der Waals surface area contributed by atoms with Gasteiger partial charge in [-0.2, -0.15) is 8.61 Å². The molecule has 0 aromatic heterocycles. The molecule has 4 heterocycles. The van der Waals surface area contributed by atoms with E-state index in [0.29, 0.717) is 53.5 Å². The normalized spacial score (nSPS) is 24.7. The van der Waals surface area contributed by atoms with Gasteiger partial charge in [-0.3, -0.25) is 4.31 Å². The Morgan fingerprint density at radius 2 is 1.00 bits per heavy atom. The van der Waals surface area contributed by atoms with E-state index in [9.17, 15) is 33.7 Å². The molecule has 0 radical (unpaired) electrons. The fraction of sp³-hybridized carbons (Fsp3) is 0.412. The molecule has 4 aliphatic heterocycles. The lowest BCUT2D eigenvalue weighted by molar-refractivity contribution is -0.150. The molecule has 5 aromatic rings. The van der Waals surface area contributed by atoms with Crippen molar-refractivity contribution in [3.8, 4) is 23.0 Å². The minimum atomic E-state index is -3.90. The molecule has 5 aromatic carbocycles. The zero-order valence-electron chi connectivity index (χ0n) is 40.5. The van der Waals surface area contributed by atoms with E-state index in [1.165, 1.54) is 61.3 Å². The van der Waals surface area contributed by atoms with Gasteiger partial charge in [0, 0.05) is 56.6 Å². The molecule has 10 rings (SSSR count). The van der Waals surface area contributed by atoms with Gasteiger partial charge >= 0.3 is 0 Å². The Labute approximate surface area is 422 Å². The number of sulfone groups is 1. The number of hydrogen-bond donors (Lipinski definition) is 0. The molecule has 0 bridgehead atoms. The average Bonchev–Trinajstić information content (AvgIpc) is 4.05. The number of hydrogen-bond acceptors (Lipinski definition) is 14. The molecule has 17 nitrogen and oxygen atoms in total. The first kappa shape index (κ1) is 51.6. The number of piperidine rings is 1. The van der Waals surface area contributed by atoms with E-state index in [-0.39, 0.29) is 77.2 Å². The third-order valence-corrected chi connectivity index (χ3v) is 22.7. The molecule has 4 fully saturated rings. The summed E-state index contributed by atoms with van der Waals surface area (Å²) in [6.45, 7) is 1.05. The summed E-state index contributed by atoms with van der Waals surface area (Å²) in [5.74, 6) is 2.02. The highest BCUT2D eigenvalue weighted by Crippen LogP contribution is 2.53. The van der Waals surface area contributed by atoms with Crippen molar-refractivity contribution < 1.29 is 62.1 Å². The highest BCUT2D eigenvalue weighted by molar-refractivity contribution is 7.93. The maximum atomic E-state index is 13.8. The van der Waals surface area contributed by atoms with Gasteiger partial charge in [-0.15, -0.1) is 0 Å². The molecule has 72 heavy (non-hydrogen) atoms. The Hall–Kier alpha value is -5.26. The minimum absolute atomic E-state index is 0.0833. The predicted octanol–water partition coefficient (Wildman–Crippen LogP) is 6.84. The zero-order valence-corrected chi connectivity index (χ0v) is 43.7. The fourth-order valence-electron chi connectivity index (χ4n) is 11.2. The van der Waals surface area contributed by atoms with Crippen molar-refractivity contribution in [2.45, 2.75) is 87.1 Å². The molecule has 0 amide bonds. The lowest BCUT2D eigenvalue weighted by Crippen LogP contribution is -2.65. The first-order valence-electron chi connectivity index (χ1n) is 23.7. The number of nitrogens with zero attached hydrogens (tertiary/aromatic N) is 3. The van der Waals surface area contributed by atoms with Crippen LogP contribution >= 0.6 is 0 Å². The molecule has 0 N–H and O–H groups in total. The van der Waals surface area contributed by atoms with Crippen molar-refractivity contribution in [1.29, 1.82) is 0 Å². The summed E-state index contributed by atoms with van der Waals surface area (Å²) in [5.41, 5.74) is -1.22. The Morgan fingerprint density at radius 3 is 1.56 bits per heavy atom. The second-order valence-corrected chi connectivity index (χ2v) is 25.9. The van der Waals surface area contributed by atoms with E-state index in [0.717, 1.165) is 12.8 Å². The van der Waals surface area contributed by atoms with Crippen LogP contribution in [0.15, 0.2) is 141 Å². The second kappa shape index (κ2) is 20.2. The molecule has 21 heteroatoms. The smallest absolute Gasteiger partial charge is 0.264 e. The Kier molecular flexibility index (Phi) is 14.5. The molecule has 5 aliphatic rings. The quantitative estimate of drug-likeness (QED) is 0.126. The van der Waals surface area contributed by atoms with Gasteiger partial charge in [0.2, 0.25) is 20.0 Å². The Balaban J connectivity index is 0.000000178. The third kappa shape index (κ3) is 9.02. The van der Waals surface area contributed by atoms with Crippen molar-refractivity contribution in [3.63, 3.8) is 0 Å². The van der Waals surface area contributed by atoms with Crippen LogP contribution in [0.1, 0.15) is 50.5 Å². The van der Waals surface area contributed by atoms with Crippen molar-refractivity contribution in [1.82, 2.24) is 8.61 Å². The highest BCUT2D eigenvalue weighted by Gasteiger charge is 2.61. The van der Waals surface area contributed by atoms with E-state index in [1.54, 1.807) is 101 Å². The summed E-state index contributed by atoms with van der Waals surface area (Å²) in [6, 6.07) is 31.9. The first-order chi connectivity index (χ1) is 34.5. The number of methoxy groups -OCH3 is 4. The lowest BCUT2D eigenvalue weighted by atomic mass is 9.74. The van der Waals surface area contributed by atoms with Gasteiger partial charge in [0.15, 0.2) is 9.84 Å². The molecular weight excluding hydrogens is 1010 g/mol. The summed E-state index contributed by atoms with van der Waals surface area (Å²) < 4.78 is 148. The summed E-state index contributed by atoms with van der Waals surface area (Å²) in [4.78, 5) is 0.695. The van der Waals surface area contributed by atoms with E-state index < -0.39 is 56.5 Å². The number of sulfonamides is 3. The van der Waals surface area contributed by atoms with Gasteiger partial charge in [0.1, 0.15) is 39.6 Å². The molecular formula is C51H59N3O14S4. The van der Waals surface area contributed by atoms with Gasteiger partial charge < -0.3 is 28.4 Å². The van der Waals surface area contributed by atoms with Crippen LogP contribution in [0.25, 0.3) is 0 Å². The Bertz CT molecular complexity index is 3200. The van der Waals surface area contributed by atoms with Crippen LogP contribution in [0.5, 0.6) is 23.0 Å². The number of rotatable bonds is 12. The van der Waals surface area contributed by atoms with Crippen LogP contribution in [0.2, 0.25) is 0 Å². The largest absolute Gasteiger partial charge is 0.497 e. The molecule has 386 valence electrons. The van der Waals surface area contributed by atoms with Crippen LogP contribution in [0.3, 0.4) is 0 Å². The average molecular weight is 1070 g/mol. The van der Waals surface area contributed by atoms with Crippen LogP contribution in [0.4, 0.5) is 5.69 Å². The van der Waals surface area contributed by atoms with Crippen molar-refractivity contribution >= 4 is 45.6 Å². The first-order valence-corrected chi connectivity index (χ1v) is 29.6. The number of para-hydroxylation sites is 1. The van der Waals surface area contributed by atoms with E-state index >= 15 is 0 Å². The summed E-state index contributed by atoms with van der Waals surface area (Å²) in [7, 11) is -9.23. The van der Waals surface area contributed by atoms with E-state index in [4.69, 9.17) is 28.4 Å². The number of ether oxygens (including phenoxy) is 6. The van der Waals surface area contributed by atoms with Crippen molar-refractivity contribution in [3.05, 3.63) is 127 Å². The predicted molar refractivity (Wildman–Crippen MR) is 268 cm³/mol. The number of benzene rings is 5. The van der Waals surface area contributed by atoms with E-state index in [2.05, 4.69) is 0 Å². The summed E-state index contributed by atoms with van der Waals surface area (Å²) >= 11 is 0. The standard InChI is InChI=1S/C26H27NO7S2.C25H32N2O7S2/c1-32-19-7-11-21(12-8-19)35(28,29)25-15-18-34-26(25)16-17-27(24-6-4-3-5-23(24)26)36(30,31)22-13-9-20(33-2)10-14-22;1-32-19-7-11-21(12-8-19)35(28,29)26-16-15-25(23-5-3-4-6-24(23)26)27(17-18-34-25)36(30,31)22-13-9-20(33-2)10-14-22/h3-14,25H,15-18H2,1-2H3;7-14,23-24H,3-6,15-18H2,1-2H3. The number of fused-ring (bicyclic) bond motifs is 4. The van der Waals surface area contributed by atoms with Gasteiger partial charge in [-0.05, 0) is 122 Å². The molecule has 5 atom stereocenters. The van der Waals surface area contributed by atoms with E-state index in [1.807, 2.05) is 0 Å². The molecule has 3 saturated heterocycles. The topological polar surface area (TPSA) is 202 Å². The van der Waals surface area contributed by atoms with Crippen LogP contribution in [-0.2, 0) is 55.0 Å². The SMILES string of the molecule is COc1ccc(S(=O)(=O)C2CCOC23CCN(S(=O)(=O)c2ccc(OC)cc2)c2ccccc23)cc1.COc1ccc(S(=O)(=O)N2CCC3(OCCN3S(=O)(=O)c3ccc(OC)cc3)C3CCCCC32)cc1. The van der Waals surface area contributed by atoms with Gasteiger partial charge in [-0.25, -0.2) is 33.7 Å². The maximum absolute atomic E-state index is 13.8. The summed E-state index contributed by atoms with van der Waals surface area (Å²) in [6.07, 6.45) is 3.96. The maximum Gasteiger partial charge on any atom is 0.264 e. The lowest BCUT2D eigenvalue weighted by Gasteiger charge is -2.54. The molecule has 2 spiro atoms. The van der Waals surface area contributed by atoms with Crippen LogP contribution < -0.4 is 23.3 Å². The van der Waals surface area contributed by atoms with Gasteiger partial charge in [-0.1, -0.05) is 31.0 Å². The molecule has 1 saturated carbocycles. The van der Waals surface area contributed by atoms with Crippen molar-refractivity contribution in [2.75, 3.05) is 65.6 Å². The monoisotopic (exact) mass is 1070 g/mol. The highest BCUT2D eigenvalue weighted by atomic mass is 32.2. The van der Waals surface area contributed by atoms with Gasteiger partial charge in [0.05, 0.1) is 60.3 Å². The van der Waals surface area contributed by atoms with Crippen molar-refractivity contribution in [2.24, 2.45) is 5.92 Å². The molecule has 5 unspecified atom stereocenters. The summed E-state index contributed by atoms with van der Waals surface area (Å²) in [5, 5.41) is -0.856.